The number of amides is 2. The molecule has 2 aromatic rings. The Labute approximate surface area is 145 Å². The van der Waals surface area contributed by atoms with E-state index in [1.807, 2.05) is 0 Å². The van der Waals surface area contributed by atoms with Crippen molar-refractivity contribution >= 4 is 17.5 Å². The van der Waals surface area contributed by atoms with Gasteiger partial charge in [-0.05, 0) is 48.5 Å². The molecule has 2 aromatic carbocycles. The van der Waals surface area contributed by atoms with Crippen LogP contribution in [0.4, 0.5) is 10.1 Å². The van der Waals surface area contributed by atoms with E-state index in [2.05, 4.69) is 5.32 Å². The van der Waals surface area contributed by atoms with Gasteiger partial charge in [-0.3, -0.25) is 9.59 Å². The molecule has 1 fully saturated rings. The summed E-state index contributed by atoms with van der Waals surface area (Å²) in [6.45, 7) is 0.918. The zero-order valence-electron chi connectivity index (χ0n) is 13.9. The van der Waals surface area contributed by atoms with Crippen molar-refractivity contribution in [2.45, 2.75) is 6.42 Å². The van der Waals surface area contributed by atoms with Crippen LogP contribution in [0.3, 0.4) is 0 Å². The fourth-order valence-electron chi connectivity index (χ4n) is 2.87. The number of ether oxygens (including phenoxy) is 1. The van der Waals surface area contributed by atoms with Gasteiger partial charge in [0.25, 0.3) is 5.91 Å². The van der Waals surface area contributed by atoms with Crippen LogP contribution in [-0.2, 0) is 4.79 Å². The van der Waals surface area contributed by atoms with Crippen molar-refractivity contribution in [3.8, 4) is 5.75 Å². The maximum Gasteiger partial charge on any atom is 0.251 e. The van der Waals surface area contributed by atoms with E-state index in [-0.39, 0.29) is 23.5 Å². The van der Waals surface area contributed by atoms with Crippen molar-refractivity contribution in [1.82, 2.24) is 5.32 Å². The van der Waals surface area contributed by atoms with Crippen molar-refractivity contribution < 1.29 is 18.7 Å². The summed E-state index contributed by atoms with van der Waals surface area (Å²) in [6, 6.07) is 12.7. The molecule has 1 N–H and O–H groups in total. The normalized spacial score (nSPS) is 16.8. The zero-order valence-corrected chi connectivity index (χ0v) is 13.9. The molecule has 2 amide bonds. The predicted octanol–water partition coefficient (Wildman–Crippen LogP) is 2.62. The number of hydrogen-bond acceptors (Lipinski definition) is 3. The molecule has 25 heavy (non-hydrogen) atoms. The molecular formula is C19H19FN2O3. The lowest BCUT2D eigenvalue weighted by molar-refractivity contribution is -0.117. The van der Waals surface area contributed by atoms with Crippen LogP contribution in [-0.4, -0.2) is 32.0 Å². The number of hydrogen-bond donors (Lipinski definition) is 1. The van der Waals surface area contributed by atoms with Gasteiger partial charge >= 0.3 is 0 Å². The standard InChI is InChI=1S/C19H19FN2O3/c1-25-17-8-2-14(3-9-17)19(24)21-11-13-10-18(23)22(12-13)16-6-4-15(20)5-7-16/h2-9,13H,10-12H2,1H3,(H,21,24)/t13-/m1/s1. The summed E-state index contributed by atoms with van der Waals surface area (Å²) in [5.41, 5.74) is 1.22. The van der Waals surface area contributed by atoms with Crippen molar-refractivity contribution in [3.63, 3.8) is 0 Å². The average molecular weight is 342 g/mol. The summed E-state index contributed by atoms with van der Waals surface area (Å²) >= 11 is 0. The smallest absolute Gasteiger partial charge is 0.251 e. The van der Waals surface area contributed by atoms with Crippen molar-refractivity contribution in [2.75, 3.05) is 25.1 Å². The van der Waals surface area contributed by atoms with Gasteiger partial charge in [-0.2, -0.15) is 0 Å². The number of nitrogens with zero attached hydrogens (tertiary/aromatic N) is 1. The van der Waals surface area contributed by atoms with Gasteiger partial charge in [0.15, 0.2) is 0 Å². The Morgan fingerprint density at radius 2 is 1.88 bits per heavy atom. The minimum absolute atomic E-state index is 0.0182. The third kappa shape index (κ3) is 3.96. The van der Waals surface area contributed by atoms with E-state index in [0.29, 0.717) is 36.5 Å². The molecule has 0 unspecified atom stereocenters. The SMILES string of the molecule is COc1ccc(C(=O)NC[C@H]2CC(=O)N(c3ccc(F)cc3)C2)cc1. The van der Waals surface area contributed by atoms with E-state index in [1.165, 1.54) is 12.1 Å². The van der Waals surface area contributed by atoms with Crippen molar-refractivity contribution in [2.24, 2.45) is 5.92 Å². The van der Waals surface area contributed by atoms with Gasteiger partial charge in [-0.1, -0.05) is 0 Å². The molecule has 0 spiro atoms. The van der Waals surface area contributed by atoms with E-state index in [0.717, 1.165) is 0 Å². The van der Waals surface area contributed by atoms with Gasteiger partial charge < -0.3 is 15.0 Å². The number of rotatable bonds is 5. The first-order chi connectivity index (χ1) is 12.1. The van der Waals surface area contributed by atoms with Gasteiger partial charge in [0.1, 0.15) is 11.6 Å². The summed E-state index contributed by atoms with van der Waals surface area (Å²) in [4.78, 5) is 26.0. The summed E-state index contributed by atoms with van der Waals surface area (Å²) in [7, 11) is 1.57. The third-order valence-corrected chi connectivity index (χ3v) is 4.25. The van der Waals surface area contributed by atoms with E-state index in [4.69, 9.17) is 4.74 Å². The molecule has 1 atom stereocenters. The van der Waals surface area contributed by atoms with Gasteiger partial charge in [-0.15, -0.1) is 0 Å². The number of anilines is 1. The van der Waals surface area contributed by atoms with Crippen LogP contribution in [0, 0.1) is 11.7 Å². The fraction of sp³-hybridized carbons (Fsp3) is 0.263. The second-order valence-electron chi connectivity index (χ2n) is 5.99. The monoisotopic (exact) mass is 342 g/mol. The quantitative estimate of drug-likeness (QED) is 0.909. The van der Waals surface area contributed by atoms with Crippen molar-refractivity contribution in [1.29, 1.82) is 0 Å². The molecule has 0 aliphatic carbocycles. The lowest BCUT2D eigenvalue weighted by Gasteiger charge is -2.17. The molecular weight excluding hydrogens is 323 g/mol. The first-order valence-electron chi connectivity index (χ1n) is 8.05. The average Bonchev–Trinajstić information content (AvgIpc) is 3.01. The molecule has 1 saturated heterocycles. The number of nitrogens with one attached hydrogen (secondary N) is 1. The Morgan fingerprint density at radius 3 is 2.52 bits per heavy atom. The van der Waals surface area contributed by atoms with E-state index >= 15 is 0 Å². The van der Waals surface area contributed by atoms with E-state index < -0.39 is 0 Å². The Balaban J connectivity index is 1.56. The first kappa shape index (κ1) is 17.0. The van der Waals surface area contributed by atoms with Crippen LogP contribution in [0.25, 0.3) is 0 Å². The Kier molecular flexibility index (Phi) is 4.97. The molecule has 5 nitrogen and oxygen atoms in total. The van der Waals surface area contributed by atoms with Crippen LogP contribution in [0.1, 0.15) is 16.8 Å². The van der Waals surface area contributed by atoms with Crippen molar-refractivity contribution in [3.05, 3.63) is 59.9 Å². The minimum atomic E-state index is -0.335. The summed E-state index contributed by atoms with van der Waals surface area (Å²) in [5.74, 6) is 0.178. The molecule has 0 saturated carbocycles. The molecule has 1 heterocycles. The molecule has 130 valence electrons. The Bertz CT molecular complexity index is 759. The first-order valence-corrected chi connectivity index (χ1v) is 8.05. The number of methoxy groups -OCH3 is 1. The topological polar surface area (TPSA) is 58.6 Å². The molecule has 0 bridgehead atoms. The van der Waals surface area contributed by atoms with Crippen LogP contribution >= 0.6 is 0 Å². The second-order valence-corrected chi connectivity index (χ2v) is 5.99. The highest BCUT2D eigenvalue weighted by molar-refractivity contribution is 5.96. The second kappa shape index (κ2) is 7.34. The highest BCUT2D eigenvalue weighted by Crippen LogP contribution is 2.25. The third-order valence-electron chi connectivity index (χ3n) is 4.25. The summed E-state index contributed by atoms with van der Waals surface area (Å²) in [5, 5.41) is 2.86. The molecule has 0 aromatic heterocycles. The zero-order chi connectivity index (χ0) is 17.8. The lowest BCUT2D eigenvalue weighted by Crippen LogP contribution is -2.31. The van der Waals surface area contributed by atoms with Gasteiger partial charge in [0.2, 0.25) is 5.91 Å². The number of benzene rings is 2. The number of carbonyl (C=O) groups excluding carboxylic acids is 2. The lowest BCUT2D eigenvalue weighted by atomic mass is 10.1. The highest BCUT2D eigenvalue weighted by Gasteiger charge is 2.30. The molecule has 3 rings (SSSR count). The number of halogens is 1. The van der Waals surface area contributed by atoms with E-state index in [1.54, 1.807) is 48.4 Å². The summed E-state index contributed by atoms with van der Waals surface area (Å²) in [6.07, 6.45) is 0.361. The van der Waals surface area contributed by atoms with Crippen LogP contribution in [0.2, 0.25) is 0 Å². The Morgan fingerprint density at radius 1 is 1.20 bits per heavy atom. The molecule has 1 aliphatic rings. The maximum absolute atomic E-state index is 13.0. The maximum atomic E-state index is 13.0. The van der Waals surface area contributed by atoms with Crippen LogP contribution in [0.15, 0.2) is 48.5 Å². The largest absolute Gasteiger partial charge is 0.497 e. The molecule has 6 heteroatoms. The predicted molar refractivity (Wildman–Crippen MR) is 92.2 cm³/mol. The van der Waals surface area contributed by atoms with Gasteiger partial charge in [-0.25, -0.2) is 4.39 Å². The van der Waals surface area contributed by atoms with Crippen LogP contribution < -0.4 is 15.0 Å². The van der Waals surface area contributed by atoms with Crippen LogP contribution in [0.5, 0.6) is 5.75 Å². The Hall–Kier alpha value is -2.89. The molecule has 0 radical (unpaired) electrons. The van der Waals surface area contributed by atoms with E-state index in [9.17, 15) is 14.0 Å². The number of carbonyl (C=O) groups is 2. The van der Waals surface area contributed by atoms with Gasteiger partial charge in [0.05, 0.1) is 7.11 Å². The highest BCUT2D eigenvalue weighted by atomic mass is 19.1. The molecule has 1 aliphatic heterocycles. The summed E-state index contributed by atoms with van der Waals surface area (Å²) < 4.78 is 18.1. The van der Waals surface area contributed by atoms with Gasteiger partial charge in [0, 0.05) is 36.7 Å². The minimum Gasteiger partial charge on any atom is -0.497 e. The fourth-order valence-corrected chi connectivity index (χ4v) is 2.87.